The second-order valence-corrected chi connectivity index (χ2v) is 3.11. The molecule has 0 aliphatic carbocycles. The molecular formula is C11H13NO2. The number of rotatable bonds is 3. The summed E-state index contributed by atoms with van der Waals surface area (Å²) in [5.74, 6) is 0. The largest absolute Gasteiger partial charge is 0.385 e. The molecule has 14 heavy (non-hydrogen) atoms. The average Bonchev–Trinajstić information content (AvgIpc) is 2.27. The van der Waals surface area contributed by atoms with E-state index >= 15 is 0 Å². The van der Waals surface area contributed by atoms with Crippen molar-refractivity contribution in [3.63, 3.8) is 0 Å². The fourth-order valence-electron chi connectivity index (χ4n) is 1.20. The van der Waals surface area contributed by atoms with Gasteiger partial charge in [-0.25, -0.2) is 0 Å². The highest BCUT2D eigenvalue weighted by Gasteiger charge is 2.16. The molecule has 0 saturated heterocycles. The Morgan fingerprint density at radius 1 is 1.29 bits per heavy atom. The van der Waals surface area contributed by atoms with E-state index in [4.69, 9.17) is 10.4 Å². The van der Waals surface area contributed by atoms with Gasteiger partial charge >= 0.3 is 0 Å². The third-order valence-electron chi connectivity index (χ3n) is 2.16. The Kier molecular flexibility index (Phi) is 3.63. The van der Waals surface area contributed by atoms with Crippen LogP contribution in [0.5, 0.6) is 0 Å². The van der Waals surface area contributed by atoms with E-state index in [2.05, 4.69) is 0 Å². The summed E-state index contributed by atoms with van der Waals surface area (Å²) < 4.78 is 0. The molecule has 2 atom stereocenters. The molecule has 1 aromatic rings. The van der Waals surface area contributed by atoms with Crippen LogP contribution in [0.4, 0.5) is 0 Å². The lowest BCUT2D eigenvalue weighted by Gasteiger charge is -2.11. The van der Waals surface area contributed by atoms with Crippen LogP contribution in [0.25, 0.3) is 0 Å². The molecule has 0 spiro atoms. The first-order valence-corrected chi connectivity index (χ1v) is 4.53. The Labute approximate surface area is 83.2 Å². The van der Waals surface area contributed by atoms with E-state index in [0.29, 0.717) is 5.56 Å². The van der Waals surface area contributed by atoms with Gasteiger partial charge in [0, 0.05) is 0 Å². The second kappa shape index (κ2) is 4.75. The van der Waals surface area contributed by atoms with Crippen LogP contribution in [-0.2, 0) is 6.42 Å². The number of hydrogen-bond donors (Lipinski definition) is 2. The first kappa shape index (κ1) is 10.7. The predicted octanol–water partition coefficient (Wildman–Crippen LogP) is 1.17. The van der Waals surface area contributed by atoms with Gasteiger partial charge in [-0.05, 0) is 17.5 Å². The number of nitriles is 1. The zero-order valence-corrected chi connectivity index (χ0v) is 8.01. The van der Waals surface area contributed by atoms with Gasteiger partial charge < -0.3 is 10.2 Å². The molecule has 74 valence electrons. The van der Waals surface area contributed by atoms with Crippen molar-refractivity contribution in [2.75, 3.05) is 0 Å². The monoisotopic (exact) mass is 191 g/mol. The SMILES string of the molecule is CCc1ccc(C(O)C(O)C#N)cc1. The van der Waals surface area contributed by atoms with E-state index in [-0.39, 0.29) is 0 Å². The highest BCUT2D eigenvalue weighted by molar-refractivity contribution is 5.25. The van der Waals surface area contributed by atoms with Crippen LogP contribution in [0.3, 0.4) is 0 Å². The maximum Gasteiger partial charge on any atom is 0.170 e. The summed E-state index contributed by atoms with van der Waals surface area (Å²) in [6.07, 6.45) is -1.55. The van der Waals surface area contributed by atoms with Crippen molar-refractivity contribution < 1.29 is 10.2 Å². The number of benzene rings is 1. The zero-order chi connectivity index (χ0) is 10.6. The lowest BCUT2D eigenvalue weighted by atomic mass is 10.0. The molecule has 0 aliphatic rings. The Balaban J connectivity index is 2.82. The average molecular weight is 191 g/mol. The maximum absolute atomic E-state index is 9.48. The first-order chi connectivity index (χ1) is 6.69. The van der Waals surface area contributed by atoms with Crippen LogP contribution in [0.2, 0.25) is 0 Å². The molecule has 0 aliphatic heterocycles. The molecular weight excluding hydrogens is 178 g/mol. The van der Waals surface area contributed by atoms with Gasteiger partial charge in [0.15, 0.2) is 6.10 Å². The normalized spacial score (nSPS) is 14.4. The number of aliphatic hydroxyl groups is 2. The molecule has 1 rings (SSSR count). The Morgan fingerprint density at radius 2 is 1.86 bits per heavy atom. The van der Waals surface area contributed by atoms with E-state index in [9.17, 15) is 5.11 Å². The molecule has 3 heteroatoms. The number of hydrogen-bond acceptors (Lipinski definition) is 3. The maximum atomic E-state index is 9.48. The third kappa shape index (κ3) is 2.32. The molecule has 2 N–H and O–H groups in total. The third-order valence-corrected chi connectivity index (χ3v) is 2.16. The van der Waals surface area contributed by atoms with Gasteiger partial charge in [0.25, 0.3) is 0 Å². The number of aliphatic hydroxyl groups excluding tert-OH is 2. The summed E-state index contributed by atoms with van der Waals surface area (Å²) in [5, 5.41) is 27.0. The Bertz CT molecular complexity index is 326. The second-order valence-electron chi connectivity index (χ2n) is 3.11. The Morgan fingerprint density at radius 3 is 2.29 bits per heavy atom. The van der Waals surface area contributed by atoms with Crippen molar-refractivity contribution in [1.82, 2.24) is 0 Å². The molecule has 0 radical (unpaired) electrons. The van der Waals surface area contributed by atoms with Gasteiger partial charge in [-0.3, -0.25) is 0 Å². The molecule has 0 bridgehead atoms. The van der Waals surface area contributed by atoms with E-state index < -0.39 is 12.2 Å². The molecule has 2 unspecified atom stereocenters. The standard InChI is InChI=1S/C11H13NO2/c1-2-8-3-5-9(6-4-8)11(14)10(13)7-12/h3-6,10-11,13-14H,2H2,1H3. The first-order valence-electron chi connectivity index (χ1n) is 4.53. The highest BCUT2D eigenvalue weighted by atomic mass is 16.3. The van der Waals surface area contributed by atoms with Gasteiger partial charge in [-0.1, -0.05) is 31.2 Å². The summed E-state index contributed by atoms with van der Waals surface area (Å²) in [6, 6.07) is 8.81. The fourth-order valence-corrected chi connectivity index (χ4v) is 1.20. The molecule has 3 nitrogen and oxygen atoms in total. The highest BCUT2D eigenvalue weighted by Crippen LogP contribution is 2.17. The molecule has 0 aromatic heterocycles. The minimum atomic E-state index is -1.36. The minimum absolute atomic E-state index is 0.566. The fraction of sp³-hybridized carbons (Fsp3) is 0.364. The summed E-state index contributed by atoms with van der Waals surface area (Å²) >= 11 is 0. The predicted molar refractivity (Wildman–Crippen MR) is 52.4 cm³/mol. The van der Waals surface area contributed by atoms with E-state index in [1.165, 1.54) is 0 Å². The van der Waals surface area contributed by atoms with Crippen LogP contribution in [-0.4, -0.2) is 16.3 Å². The molecule has 1 aromatic carbocycles. The topological polar surface area (TPSA) is 64.2 Å². The van der Waals surface area contributed by atoms with E-state index in [1.807, 2.05) is 19.1 Å². The zero-order valence-electron chi connectivity index (χ0n) is 8.01. The number of aryl methyl sites for hydroxylation is 1. The van der Waals surface area contributed by atoms with Crippen LogP contribution in [0.15, 0.2) is 24.3 Å². The molecule has 0 heterocycles. The summed E-state index contributed by atoms with van der Waals surface area (Å²) in [5.41, 5.74) is 1.73. The van der Waals surface area contributed by atoms with Crippen LogP contribution < -0.4 is 0 Å². The quantitative estimate of drug-likeness (QED) is 0.705. The van der Waals surface area contributed by atoms with E-state index in [0.717, 1.165) is 12.0 Å². The minimum Gasteiger partial charge on any atom is -0.385 e. The lowest BCUT2D eigenvalue weighted by Crippen LogP contribution is -2.15. The van der Waals surface area contributed by atoms with Crippen molar-refractivity contribution in [2.24, 2.45) is 0 Å². The van der Waals surface area contributed by atoms with Gasteiger partial charge in [0.05, 0.1) is 6.07 Å². The van der Waals surface area contributed by atoms with Gasteiger partial charge in [0.1, 0.15) is 6.10 Å². The van der Waals surface area contributed by atoms with E-state index in [1.54, 1.807) is 18.2 Å². The van der Waals surface area contributed by atoms with Crippen LogP contribution >= 0.6 is 0 Å². The van der Waals surface area contributed by atoms with Gasteiger partial charge in [0.2, 0.25) is 0 Å². The number of nitrogens with zero attached hydrogens (tertiary/aromatic N) is 1. The van der Waals surface area contributed by atoms with Crippen molar-refractivity contribution in [3.05, 3.63) is 35.4 Å². The van der Waals surface area contributed by atoms with Crippen molar-refractivity contribution in [3.8, 4) is 6.07 Å². The Hall–Kier alpha value is -1.37. The molecule has 0 amide bonds. The summed E-state index contributed by atoms with van der Waals surface area (Å²) in [4.78, 5) is 0. The summed E-state index contributed by atoms with van der Waals surface area (Å²) in [7, 11) is 0. The molecule has 0 saturated carbocycles. The lowest BCUT2D eigenvalue weighted by molar-refractivity contribution is 0.0528. The van der Waals surface area contributed by atoms with Crippen molar-refractivity contribution in [2.45, 2.75) is 25.6 Å². The van der Waals surface area contributed by atoms with Crippen molar-refractivity contribution >= 4 is 0 Å². The van der Waals surface area contributed by atoms with Crippen LogP contribution in [0, 0.1) is 11.3 Å². The smallest absolute Gasteiger partial charge is 0.170 e. The molecule has 0 fully saturated rings. The van der Waals surface area contributed by atoms with Gasteiger partial charge in [-0.15, -0.1) is 0 Å². The van der Waals surface area contributed by atoms with Gasteiger partial charge in [-0.2, -0.15) is 5.26 Å². The van der Waals surface area contributed by atoms with Crippen LogP contribution in [0.1, 0.15) is 24.2 Å². The summed E-state index contributed by atoms with van der Waals surface area (Å²) in [6.45, 7) is 2.04. The van der Waals surface area contributed by atoms with Crippen molar-refractivity contribution in [1.29, 1.82) is 5.26 Å².